The Kier molecular flexibility index (Phi) is 4.30. The Morgan fingerprint density at radius 2 is 1.80 bits per heavy atom. The summed E-state index contributed by atoms with van der Waals surface area (Å²) < 4.78 is 31.9. The van der Waals surface area contributed by atoms with Gasteiger partial charge < -0.3 is 10.1 Å². The van der Waals surface area contributed by atoms with E-state index in [9.17, 15) is 13.6 Å². The number of nitrogens with one attached hydrogen (secondary N) is 1. The van der Waals surface area contributed by atoms with Crippen molar-refractivity contribution in [2.75, 3.05) is 11.9 Å². The van der Waals surface area contributed by atoms with Crippen molar-refractivity contribution in [2.45, 2.75) is 6.92 Å². The lowest BCUT2D eigenvalue weighted by Gasteiger charge is -2.09. The van der Waals surface area contributed by atoms with Gasteiger partial charge in [0, 0.05) is 0 Å². The minimum atomic E-state index is -0.825. The number of halogens is 2. The number of hydrogen-bond donors (Lipinski definition) is 1. The maximum absolute atomic E-state index is 13.3. The third kappa shape index (κ3) is 3.54. The van der Waals surface area contributed by atoms with Crippen LogP contribution in [0.3, 0.4) is 0 Å². The average Bonchev–Trinajstić information content (AvgIpc) is 2.41. The Morgan fingerprint density at radius 1 is 1.15 bits per heavy atom. The number of aryl methyl sites for hydroxylation is 1. The summed E-state index contributed by atoms with van der Waals surface area (Å²) in [6, 6.07) is 10.5. The van der Waals surface area contributed by atoms with Crippen LogP contribution in [0.15, 0.2) is 42.5 Å². The van der Waals surface area contributed by atoms with E-state index in [2.05, 4.69) is 5.32 Å². The molecule has 0 radical (unpaired) electrons. The zero-order valence-corrected chi connectivity index (χ0v) is 10.8. The highest BCUT2D eigenvalue weighted by Crippen LogP contribution is 2.18. The number of carbonyl (C=O) groups excluding carboxylic acids is 1. The van der Waals surface area contributed by atoms with E-state index in [0.29, 0.717) is 5.75 Å². The molecule has 2 aromatic carbocycles. The molecule has 20 heavy (non-hydrogen) atoms. The largest absolute Gasteiger partial charge is 0.484 e. The molecule has 0 heterocycles. The quantitative estimate of drug-likeness (QED) is 0.931. The molecule has 0 aliphatic heterocycles. The molecular formula is C15H13F2NO2. The number of benzene rings is 2. The lowest BCUT2D eigenvalue weighted by Crippen LogP contribution is -2.21. The van der Waals surface area contributed by atoms with E-state index in [0.717, 1.165) is 17.7 Å². The van der Waals surface area contributed by atoms with Crippen molar-refractivity contribution >= 4 is 11.6 Å². The van der Waals surface area contributed by atoms with Gasteiger partial charge in [-0.2, -0.15) is 0 Å². The van der Waals surface area contributed by atoms with E-state index >= 15 is 0 Å². The number of hydrogen-bond acceptors (Lipinski definition) is 2. The zero-order chi connectivity index (χ0) is 14.5. The van der Waals surface area contributed by atoms with Gasteiger partial charge in [-0.3, -0.25) is 4.79 Å². The second kappa shape index (κ2) is 6.14. The van der Waals surface area contributed by atoms with Crippen LogP contribution < -0.4 is 10.1 Å². The highest BCUT2D eigenvalue weighted by Gasteiger charge is 2.12. The SMILES string of the molecule is Cc1cccc(OCC(=O)Nc2c(F)cccc2F)c1. The first-order valence-electron chi connectivity index (χ1n) is 5.99. The van der Waals surface area contributed by atoms with Crippen molar-refractivity contribution in [1.29, 1.82) is 0 Å². The van der Waals surface area contributed by atoms with E-state index < -0.39 is 23.2 Å². The number of rotatable bonds is 4. The predicted molar refractivity (Wildman–Crippen MR) is 71.7 cm³/mol. The summed E-state index contributed by atoms with van der Waals surface area (Å²) in [5.41, 5.74) is 0.522. The van der Waals surface area contributed by atoms with Gasteiger partial charge in [0.05, 0.1) is 0 Å². The fourth-order valence-corrected chi connectivity index (χ4v) is 1.65. The van der Waals surface area contributed by atoms with Gasteiger partial charge in [0.15, 0.2) is 6.61 Å². The molecule has 2 rings (SSSR count). The van der Waals surface area contributed by atoms with Gasteiger partial charge in [-0.05, 0) is 36.8 Å². The van der Waals surface area contributed by atoms with E-state index in [1.807, 2.05) is 13.0 Å². The molecule has 0 aliphatic rings. The second-order valence-corrected chi connectivity index (χ2v) is 4.25. The number of para-hydroxylation sites is 1. The van der Waals surface area contributed by atoms with Crippen LogP contribution in [0.25, 0.3) is 0 Å². The molecule has 0 bridgehead atoms. The van der Waals surface area contributed by atoms with Crippen LogP contribution in [0.5, 0.6) is 5.75 Å². The topological polar surface area (TPSA) is 38.3 Å². The van der Waals surface area contributed by atoms with Crippen LogP contribution in [0.1, 0.15) is 5.56 Å². The average molecular weight is 277 g/mol. The van der Waals surface area contributed by atoms with Gasteiger partial charge in [0.1, 0.15) is 23.1 Å². The molecule has 0 atom stereocenters. The van der Waals surface area contributed by atoms with Crippen molar-refractivity contribution in [3.05, 3.63) is 59.7 Å². The minimum Gasteiger partial charge on any atom is -0.484 e. The van der Waals surface area contributed by atoms with Gasteiger partial charge in [0.2, 0.25) is 0 Å². The highest BCUT2D eigenvalue weighted by molar-refractivity contribution is 5.92. The van der Waals surface area contributed by atoms with Gasteiger partial charge in [0.25, 0.3) is 5.91 Å². The molecule has 1 amide bonds. The molecule has 0 fully saturated rings. The monoisotopic (exact) mass is 277 g/mol. The van der Waals surface area contributed by atoms with Gasteiger partial charge in [-0.25, -0.2) is 8.78 Å². The van der Waals surface area contributed by atoms with E-state index in [-0.39, 0.29) is 6.61 Å². The summed E-state index contributed by atoms with van der Waals surface area (Å²) in [6.45, 7) is 1.57. The van der Waals surface area contributed by atoms with Crippen LogP contribution in [0, 0.1) is 18.6 Å². The van der Waals surface area contributed by atoms with Crippen LogP contribution in [0.4, 0.5) is 14.5 Å². The number of anilines is 1. The second-order valence-electron chi connectivity index (χ2n) is 4.25. The third-order valence-electron chi connectivity index (χ3n) is 2.59. The zero-order valence-electron chi connectivity index (χ0n) is 10.8. The highest BCUT2D eigenvalue weighted by atomic mass is 19.1. The van der Waals surface area contributed by atoms with Crippen LogP contribution >= 0.6 is 0 Å². The maximum Gasteiger partial charge on any atom is 0.262 e. The lowest BCUT2D eigenvalue weighted by atomic mass is 10.2. The molecule has 0 spiro atoms. The Labute approximate surface area is 115 Å². The summed E-state index contributed by atoms with van der Waals surface area (Å²) in [5, 5.41) is 2.15. The number of ether oxygens (including phenoxy) is 1. The van der Waals surface area contributed by atoms with Crippen LogP contribution in [0.2, 0.25) is 0 Å². The van der Waals surface area contributed by atoms with Crippen LogP contribution in [-0.2, 0) is 4.79 Å². The molecule has 104 valence electrons. The Balaban J connectivity index is 1.96. The van der Waals surface area contributed by atoms with E-state index in [1.54, 1.807) is 18.2 Å². The maximum atomic E-state index is 13.3. The Bertz CT molecular complexity index is 609. The molecule has 0 saturated carbocycles. The molecule has 0 aliphatic carbocycles. The third-order valence-corrected chi connectivity index (χ3v) is 2.59. The first kappa shape index (κ1) is 14.0. The van der Waals surface area contributed by atoms with Crippen molar-refractivity contribution in [1.82, 2.24) is 0 Å². The molecule has 2 aromatic rings. The fraction of sp³-hybridized carbons (Fsp3) is 0.133. The molecule has 0 unspecified atom stereocenters. The molecule has 3 nitrogen and oxygen atoms in total. The first-order valence-corrected chi connectivity index (χ1v) is 5.99. The summed E-state index contributed by atoms with van der Waals surface area (Å²) in [6.07, 6.45) is 0. The minimum absolute atomic E-state index is 0.322. The predicted octanol–water partition coefficient (Wildman–Crippen LogP) is 3.29. The number of amides is 1. The lowest BCUT2D eigenvalue weighted by molar-refractivity contribution is -0.118. The molecule has 1 N–H and O–H groups in total. The fourth-order valence-electron chi connectivity index (χ4n) is 1.65. The normalized spacial score (nSPS) is 10.2. The van der Waals surface area contributed by atoms with E-state index in [4.69, 9.17) is 4.74 Å². The van der Waals surface area contributed by atoms with Crippen LogP contribution in [-0.4, -0.2) is 12.5 Å². The Hall–Kier alpha value is -2.43. The van der Waals surface area contributed by atoms with Gasteiger partial charge in [-0.15, -0.1) is 0 Å². The summed E-state index contributed by atoms with van der Waals surface area (Å²) in [4.78, 5) is 11.6. The smallest absolute Gasteiger partial charge is 0.262 e. The van der Waals surface area contributed by atoms with Gasteiger partial charge in [-0.1, -0.05) is 18.2 Å². The molecular weight excluding hydrogens is 264 g/mol. The van der Waals surface area contributed by atoms with Crippen molar-refractivity contribution in [3.8, 4) is 5.75 Å². The van der Waals surface area contributed by atoms with E-state index in [1.165, 1.54) is 6.07 Å². The van der Waals surface area contributed by atoms with Crippen molar-refractivity contribution in [3.63, 3.8) is 0 Å². The Morgan fingerprint density at radius 3 is 2.45 bits per heavy atom. The first-order chi connectivity index (χ1) is 9.56. The molecule has 0 saturated heterocycles. The standard InChI is InChI=1S/C15H13F2NO2/c1-10-4-2-5-11(8-10)20-9-14(19)18-15-12(16)6-3-7-13(15)17/h2-8H,9H2,1H3,(H,18,19). The van der Waals surface area contributed by atoms with Crippen molar-refractivity contribution < 1.29 is 18.3 Å². The van der Waals surface area contributed by atoms with Crippen molar-refractivity contribution in [2.24, 2.45) is 0 Å². The molecule has 5 heteroatoms. The molecule has 0 aromatic heterocycles. The summed E-state index contributed by atoms with van der Waals surface area (Å²) >= 11 is 0. The number of carbonyl (C=O) groups is 1. The van der Waals surface area contributed by atoms with Gasteiger partial charge >= 0.3 is 0 Å². The summed E-state index contributed by atoms with van der Waals surface area (Å²) in [5.74, 6) is -1.76. The summed E-state index contributed by atoms with van der Waals surface area (Å²) in [7, 11) is 0.